The molecule has 0 aliphatic carbocycles. The second kappa shape index (κ2) is 6.91. The molecule has 0 aromatic carbocycles. The van der Waals surface area contributed by atoms with Crippen molar-refractivity contribution in [2.45, 2.75) is 6.92 Å². The molecular formula is C16H14N4OS. The third-order valence-corrected chi connectivity index (χ3v) is 3.89. The predicted molar refractivity (Wildman–Crippen MR) is 87.8 cm³/mol. The predicted octanol–water partition coefficient (Wildman–Crippen LogP) is 3.64. The summed E-state index contributed by atoms with van der Waals surface area (Å²) in [5.74, 6) is 0. The van der Waals surface area contributed by atoms with Crippen LogP contribution in [0.2, 0.25) is 0 Å². The number of aromatic nitrogens is 3. The van der Waals surface area contributed by atoms with Gasteiger partial charge in [0.1, 0.15) is 11.6 Å². The number of hydrogen-bond acceptors (Lipinski definition) is 6. The van der Waals surface area contributed by atoms with Gasteiger partial charge in [0.05, 0.1) is 22.5 Å². The van der Waals surface area contributed by atoms with E-state index in [1.54, 1.807) is 29.9 Å². The van der Waals surface area contributed by atoms with E-state index in [0.29, 0.717) is 6.61 Å². The Morgan fingerprint density at radius 1 is 1.23 bits per heavy atom. The topological polar surface area (TPSA) is 60.3 Å². The Bertz CT molecular complexity index is 771. The van der Waals surface area contributed by atoms with Crippen molar-refractivity contribution < 1.29 is 4.84 Å². The highest BCUT2D eigenvalue weighted by atomic mass is 32.1. The molecule has 110 valence electrons. The summed E-state index contributed by atoms with van der Waals surface area (Å²) in [6.07, 6.45) is 7.00. The highest BCUT2D eigenvalue weighted by Gasteiger charge is 2.08. The molecule has 0 amide bonds. The normalized spacial score (nSPS) is 11.0. The SMILES string of the molecule is CCO/N=C/c1cccc(-c2cnc(-c3cccnc3)s2)n1. The van der Waals surface area contributed by atoms with Gasteiger partial charge in [-0.05, 0) is 31.2 Å². The lowest BCUT2D eigenvalue weighted by molar-refractivity contribution is 0.160. The summed E-state index contributed by atoms with van der Waals surface area (Å²) in [6.45, 7) is 2.43. The zero-order valence-corrected chi connectivity index (χ0v) is 12.8. The second-order valence-electron chi connectivity index (χ2n) is 4.37. The molecule has 0 saturated heterocycles. The fourth-order valence-corrected chi connectivity index (χ4v) is 2.72. The molecule has 3 aromatic rings. The lowest BCUT2D eigenvalue weighted by atomic mass is 10.3. The van der Waals surface area contributed by atoms with Crippen LogP contribution in [0.5, 0.6) is 0 Å². The monoisotopic (exact) mass is 310 g/mol. The first-order valence-corrected chi connectivity index (χ1v) is 7.67. The van der Waals surface area contributed by atoms with E-state index in [4.69, 9.17) is 4.84 Å². The largest absolute Gasteiger partial charge is 0.396 e. The van der Waals surface area contributed by atoms with Crippen molar-refractivity contribution in [3.05, 3.63) is 54.6 Å². The minimum Gasteiger partial charge on any atom is -0.396 e. The van der Waals surface area contributed by atoms with Crippen LogP contribution in [-0.4, -0.2) is 27.8 Å². The fraction of sp³-hybridized carbons (Fsp3) is 0.125. The van der Waals surface area contributed by atoms with Crippen LogP contribution in [0.4, 0.5) is 0 Å². The Balaban J connectivity index is 1.86. The minimum absolute atomic E-state index is 0.541. The average Bonchev–Trinajstić information content (AvgIpc) is 3.06. The summed E-state index contributed by atoms with van der Waals surface area (Å²) in [5.41, 5.74) is 2.63. The van der Waals surface area contributed by atoms with Gasteiger partial charge in [0.25, 0.3) is 0 Å². The molecule has 0 unspecified atom stereocenters. The molecule has 0 fully saturated rings. The highest BCUT2D eigenvalue weighted by Crippen LogP contribution is 2.30. The third kappa shape index (κ3) is 3.35. The molecule has 0 N–H and O–H groups in total. The van der Waals surface area contributed by atoms with Crippen molar-refractivity contribution in [3.63, 3.8) is 0 Å². The third-order valence-electron chi connectivity index (χ3n) is 2.83. The Labute approximate surface area is 132 Å². The van der Waals surface area contributed by atoms with Crippen LogP contribution in [0, 0.1) is 0 Å². The van der Waals surface area contributed by atoms with Gasteiger partial charge in [0.2, 0.25) is 0 Å². The van der Waals surface area contributed by atoms with Crippen molar-refractivity contribution in [2.75, 3.05) is 6.61 Å². The van der Waals surface area contributed by atoms with E-state index in [0.717, 1.165) is 26.8 Å². The lowest BCUT2D eigenvalue weighted by Crippen LogP contribution is -1.90. The standard InChI is InChI=1S/C16H14N4OS/c1-2-21-19-10-13-6-3-7-14(20-13)15-11-18-16(22-15)12-5-4-8-17-9-12/h3-11H,2H2,1H3/b19-10+. The molecule has 0 bridgehead atoms. The first-order chi connectivity index (χ1) is 10.9. The van der Waals surface area contributed by atoms with E-state index >= 15 is 0 Å². The van der Waals surface area contributed by atoms with E-state index in [1.165, 1.54) is 0 Å². The molecule has 3 heterocycles. The van der Waals surface area contributed by atoms with E-state index in [1.807, 2.05) is 43.5 Å². The first-order valence-electron chi connectivity index (χ1n) is 6.86. The van der Waals surface area contributed by atoms with Crippen molar-refractivity contribution in [1.29, 1.82) is 0 Å². The van der Waals surface area contributed by atoms with Gasteiger partial charge < -0.3 is 4.84 Å². The van der Waals surface area contributed by atoms with Crippen molar-refractivity contribution >= 4 is 17.6 Å². The quantitative estimate of drug-likeness (QED) is 0.533. The van der Waals surface area contributed by atoms with Gasteiger partial charge in [-0.1, -0.05) is 11.2 Å². The molecule has 3 rings (SSSR count). The number of oxime groups is 1. The van der Waals surface area contributed by atoms with Crippen LogP contribution in [0.1, 0.15) is 12.6 Å². The van der Waals surface area contributed by atoms with Gasteiger partial charge in [-0.2, -0.15) is 0 Å². The maximum Gasteiger partial charge on any atom is 0.125 e. The zero-order chi connectivity index (χ0) is 15.2. The zero-order valence-electron chi connectivity index (χ0n) is 12.0. The van der Waals surface area contributed by atoms with Gasteiger partial charge in [0.15, 0.2) is 0 Å². The average molecular weight is 310 g/mol. The van der Waals surface area contributed by atoms with E-state index in [-0.39, 0.29) is 0 Å². The number of nitrogens with zero attached hydrogens (tertiary/aromatic N) is 4. The summed E-state index contributed by atoms with van der Waals surface area (Å²) >= 11 is 1.59. The number of pyridine rings is 2. The summed E-state index contributed by atoms with van der Waals surface area (Å²) < 4.78 is 0. The highest BCUT2D eigenvalue weighted by molar-refractivity contribution is 7.18. The van der Waals surface area contributed by atoms with Crippen LogP contribution >= 0.6 is 11.3 Å². The summed E-state index contributed by atoms with van der Waals surface area (Å²) in [7, 11) is 0. The number of rotatable bonds is 5. The smallest absolute Gasteiger partial charge is 0.125 e. The first kappa shape index (κ1) is 14.3. The number of hydrogen-bond donors (Lipinski definition) is 0. The van der Waals surface area contributed by atoms with Gasteiger partial charge >= 0.3 is 0 Å². The Morgan fingerprint density at radius 2 is 2.18 bits per heavy atom. The van der Waals surface area contributed by atoms with Gasteiger partial charge in [-0.3, -0.25) is 4.98 Å². The van der Waals surface area contributed by atoms with Crippen molar-refractivity contribution in [1.82, 2.24) is 15.0 Å². The molecule has 5 nitrogen and oxygen atoms in total. The van der Waals surface area contributed by atoms with Gasteiger partial charge in [-0.25, -0.2) is 9.97 Å². The molecule has 22 heavy (non-hydrogen) atoms. The van der Waals surface area contributed by atoms with Crippen LogP contribution < -0.4 is 0 Å². The van der Waals surface area contributed by atoms with E-state index in [9.17, 15) is 0 Å². The van der Waals surface area contributed by atoms with Crippen molar-refractivity contribution in [3.8, 4) is 21.1 Å². The molecule has 0 atom stereocenters. The van der Waals surface area contributed by atoms with Crippen LogP contribution in [0.3, 0.4) is 0 Å². The van der Waals surface area contributed by atoms with Gasteiger partial charge in [0, 0.05) is 24.2 Å². The van der Waals surface area contributed by atoms with Crippen LogP contribution in [-0.2, 0) is 4.84 Å². The van der Waals surface area contributed by atoms with E-state index in [2.05, 4.69) is 20.1 Å². The summed E-state index contributed by atoms with van der Waals surface area (Å²) in [5, 5.41) is 4.77. The molecule has 0 spiro atoms. The lowest BCUT2D eigenvalue weighted by Gasteiger charge is -1.98. The molecule has 6 heteroatoms. The molecule has 0 saturated carbocycles. The maximum atomic E-state index is 4.96. The Hall–Kier alpha value is -2.60. The number of thiazole rings is 1. The van der Waals surface area contributed by atoms with Gasteiger partial charge in [-0.15, -0.1) is 11.3 Å². The summed E-state index contributed by atoms with van der Waals surface area (Å²) in [4.78, 5) is 19.1. The maximum absolute atomic E-state index is 4.96. The Morgan fingerprint density at radius 3 is 3.00 bits per heavy atom. The fourth-order valence-electron chi connectivity index (χ4n) is 1.84. The second-order valence-corrected chi connectivity index (χ2v) is 5.40. The van der Waals surface area contributed by atoms with Crippen LogP contribution in [0.15, 0.2) is 54.1 Å². The molecule has 0 radical (unpaired) electrons. The minimum atomic E-state index is 0.541. The van der Waals surface area contributed by atoms with Crippen molar-refractivity contribution in [2.24, 2.45) is 5.16 Å². The molecular weight excluding hydrogens is 296 g/mol. The van der Waals surface area contributed by atoms with E-state index < -0.39 is 0 Å². The molecule has 0 aliphatic rings. The Kier molecular flexibility index (Phi) is 4.50. The molecule has 3 aromatic heterocycles. The summed E-state index contributed by atoms with van der Waals surface area (Å²) in [6, 6.07) is 9.68. The van der Waals surface area contributed by atoms with Crippen LogP contribution in [0.25, 0.3) is 21.1 Å². The molecule has 0 aliphatic heterocycles.